The van der Waals surface area contributed by atoms with E-state index in [1.807, 2.05) is 6.92 Å². The quantitative estimate of drug-likeness (QED) is 0.866. The average molecular weight is 360 g/mol. The van der Waals surface area contributed by atoms with Crippen molar-refractivity contribution in [2.75, 3.05) is 22.1 Å². The molecule has 0 aliphatic carbocycles. The Balaban J connectivity index is 1.74. The van der Waals surface area contributed by atoms with Gasteiger partial charge in [0.05, 0.1) is 5.69 Å². The van der Waals surface area contributed by atoms with Crippen LogP contribution in [-0.2, 0) is 4.79 Å². The maximum Gasteiger partial charge on any atom is 0.323 e. The fraction of sp³-hybridized carbons (Fsp3) is 0.222. The van der Waals surface area contributed by atoms with Crippen LogP contribution in [0.15, 0.2) is 42.5 Å². The van der Waals surface area contributed by atoms with Crippen LogP contribution in [-0.4, -0.2) is 24.6 Å². The lowest BCUT2D eigenvalue weighted by Crippen LogP contribution is -2.44. The van der Waals surface area contributed by atoms with Gasteiger partial charge in [-0.2, -0.15) is 0 Å². The standard InChI is InChI=1S/C18H18ClN3O3/c1-3-22-15-9-8-14(10-16(15)25-11(2)17(22)23)21-18(24)20-13-6-4-12(19)5-7-13/h4-11H,3H2,1-2H3,(H2,20,21,24). The molecule has 3 amide bonds. The number of anilines is 3. The first-order chi connectivity index (χ1) is 12.0. The van der Waals surface area contributed by atoms with E-state index >= 15 is 0 Å². The van der Waals surface area contributed by atoms with Crippen LogP contribution >= 0.6 is 11.6 Å². The van der Waals surface area contributed by atoms with Gasteiger partial charge in [-0.1, -0.05) is 11.6 Å². The summed E-state index contributed by atoms with van der Waals surface area (Å²) in [6.45, 7) is 4.18. The van der Waals surface area contributed by atoms with Gasteiger partial charge in [0.2, 0.25) is 0 Å². The minimum Gasteiger partial charge on any atom is -0.479 e. The van der Waals surface area contributed by atoms with Crippen molar-refractivity contribution in [3.05, 3.63) is 47.5 Å². The van der Waals surface area contributed by atoms with Crippen molar-refractivity contribution in [1.29, 1.82) is 0 Å². The molecule has 1 heterocycles. The van der Waals surface area contributed by atoms with Crippen molar-refractivity contribution in [3.8, 4) is 5.75 Å². The van der Waals surface area contributed by atoms with E-state index in [1.54, 1.807) is 54.3 Å². The molecular weight excluding hydrogens is 342 g/mol. The largest absolute Gasteiger partial charge is 0.479 e. The Morgan fingerprint density at radius 1 is 1.16 bits per heavy atom. The molecule has 2 N–H and O–H groups in total. The summed E-state index contributed by atoms with van der Waals surface area (Å²) in [7, 11) is 0. The van der Waals surface area contributed by atoms with Crippen molar-refractivity contribution < 1.29 is 14.3 Å². The monoisotopic (exact) mass is 359 g/mol. The summed E-state index contributed by atoms with van der Waals surface area (Å²) in [5, 5.41) is 6.07. The SMILES string of the molecule is CCN1C(=O)C(C)Oc2cc(NC(=O)Nc3ccc(Cl)cc3)ccc21. The number of carbonyl (C=O) groups excluding carboxylic acids is 2. The van der Waals surface area contributed by atoms with E-state index in [0.717, 1.165) is 0 Å². The first kappa shape index (κ1) is 17.1. The molecule has 3 rings (SSSR count). The summed E-state index contributed by atoms with van der Waals surface area (Å²) in [5.74, 6) is 0.495. The van der Waals surface area contributed by atoms with E-state index in [4.69, 9.17) is 16.3 Å². The van der Waals surface area contributed by atoms with E-state index in [9.17, 15) is 9.59 Å². The molecule has 25 heavy (non-hydrogen) atoms. The van der Waals surface area contributed by atoms with Crippen LogP contribution in [0.4, 0.5) is 21.9 Å². The zero-order chi connectivity index (χ0) is 18.0. The molecule has 0 aromatic heterocycles. The predicted molar refractivity (Wildman–Crippen MR) is 98.7 cm³/mol. The Kier molecular flexibility index (Phi) is 4.81. The van der Waals surface area contributed by atoms with Gasteiger partial charge in [-0.05, 0) is 50.2 Å². The molecule has 0 saturated carbocycles. The zero-order valence-electron chi connectivity index (χ0n) is 13.9. The number of urea groups is 1. The zero-order valence-corrected chi connectivity index (χ0v) is 14.6. The van der Waals surface area contributed by atoms with Crippen molar-refractivity contribution in [3.63, 3.8) is 0 Å². The number of carbonyl (C=O) groups is 2. The van der Waals surface area contributed by atoms with Gasteiger partial charge >= 0.3 is 6.03 Å². The molecule has 0 radical (unpaired) electrons. The number of hydrogen-bond donors (Lipinski definition) is 2. The van der Waals surface area contributed by atoms with Crippen molar-refractivity contribution in [1.82, 2.24) is 0 Å². The molecule has 1 aliphatic heterocycles. The van der Waals surface area contributed by atoms with Crippen LogP contribution in [0.5, 0.6) is 5.75 Å². The molecular formula is C18H18ClN3O3. The Labute approximate surface area is 150 Å². The maximum atomic E-state index is 12.1. The normalized spacial score (nSPS) is 16.0. The predicted octanol–water partition coefficient (Wildman–Crippen LogP) is 4.12. The summed E-state index contributed by atoms with van der Waals surface area (Å²) in [5.41, 5.74) is 1.91. The van der Waals surface area contributed by atoms with Gasteiger partial charge < -0.3 is 20.3 Å². The third-order valence-electron chi connectivity index (χ3n) is 3.84. The first-order valence-electron chi connectivity index (χ1n) is 7.93. The summed E-state index contributed by atoms with van der Waals surface area (Å²) in [6, 6.07) is 11.6. The Morgan fingerprint density at radius 2 is 1.80 bits per heavy atom. The third-order valence-corrected chi connectivity index (χ3v) is 4.10. The van der Waals surface area contributed by atoms with E-state index < -0.39 is 6.10 Å². The van der Waals surface area contributed by atoms with Gasteiger partial charge in [-0.15, -0.1) is 0 Å². The molecule has 0 spiro atoms. The number of nitrogens with one attached hydrogen (secondary N) is 2. The molecule has 0 fully saturated rings. The number of ether oxygens (including phenoxy) is 1. The number of rotatable bonds is 3. The Morgan fingerprint density at radius 3 is 2.48 bits per heavy atom. The van der Waals surface area contributed by atoms with Crippen LogP contribution in [0.2, 0.25) is 5.02 Å². The molecule has 2 aromatic rings. The third kappa shape index (κ3) is 3.69. The van der Waals surface area contributed by atoms with Crippen LogP contribution in [0.1, 0.15) is 13.8 Å². The minimum atomic E-state index is -0.550. The number of likely N-dealkylation sites (N-methyl/N-ethyl adjacent to an activating group) is 1. The second-order valence-electron chi connectivity index (χ2n) is 5.61. The summed E-state index contributed by atoms with van der Waals surface area (Å²) in [4.78, 5) is 25.9. The molecule has 7 heteroatoms. The number of fused-ring (bicyclic) bond motifs is 1. The Bertz CT molecular complexity index is 808. The molecule has 0 saturated heterocycles. The molecule has 2 aromatic carbocycles. The van der Waals surface area contributed by atoms with Gasteiger partial charge in [-0.25, -0.2) is 4.79 Å². The molecule has 0 bridgehead atoms. The highest BCUT2D eigenvalue weighted by Crippen LogP contribution is 2.36. The van der Waals surface area contributed by atoms with Gasteiger partial charge in [0.15, 0.2) is 6.10 Å². The van der Waals surface area contributed by atoms with Crippen LogP contribution in [0.25, 0.3) is 0 Å². The van der Waals surface area contributed by atoms with Crippen molar-refractivity contribution >= 4 is 40.6 Å². The minimum absolute atomic E-state index is 0.0730. The van der Waals surface area contributed by atoms with Gasteiger partial charge in [0, 0.05) is 29.0 Å². The smallest absolute Gasteiger partial charge is 0.323 e. The van der Waals surface area contributed by atoms with E-state index in [0.29, 0.717) is 34.4 Å². The van der Waals surface area contributed by atoms with E-state index in [2.05, 4.69) is 10.6 Å². The van der Waals surface area contributed by atoms with Crippen LogP contribution in [0.3, 0.4) is 0 Å². The van der Waals surface area contributed by atoms with Crippen LogP contribution < -0.4 is 20.3 Å². The lowest BCUT2D eigenvalue weighted by molar-refractivity contribution is -0.125. The molecule has 1 atom stereocenters. The van der Waals surface area contributed by atoms with Crippen molar-refractivity contribution in [2.24, 2.45) is 0 Å². The number of amides is 3. The highest BCUT2D eigenvalue weighted by molar-refractivity contribution is 6.30. The van der Waals surface area contributed by atoms with E-state index in [-0.39, 0.29) is 11.9 Å². The van der Waals surface area contributed by atoms with Crippen LogP contribution in [0, 0.1) is 0 Å². The second-order valence-corrected chi connectivity index (χ2v) is 6.05. The van der Waals surface area contributed by atoms with Crippen molar-refractivity contribution in [2.45, 2.75) is 20.0 Å². The second kappa shape index (κ2) is 7.03. The van der Waals surface area contributed by atoms with Gasteiger partial charge in [-0.3, -0.25) is 4.79 Å². The molecule has 130 valence electrons. The Hall–Kier alpha value is -2.73. The van der Waals surface area contributed by atoms with Gasteiger partial charge in [0.25, 0.3) is 5.91 Å². The van der Waals surface area contributed by atoms with Gasteiger partial charge in [0.1, 0.15) is 5.75 Å². The van der Waals surface area contributed by atoms with E-state index in [1.165, 1.54) is 0 Å². The topological polar surface area (TPSA) is 70.7 Å². The first-order valence-corrected chi connectivity index (χ1v) is 8.31. The lowest BCUT2D eigenvalue weighted by atomic mass is 10.1. The number of nitrogens with zero attached hydrogens (tertiary/aromatic N) is 1. The maximum absolute atomic E-state index is 12.1. The fourth-order valence-electron chi connectivity index (χ4n) is 2.64. The highest BCUT2D eigenvalue weighted by Gasteiger charge is 2.30. The molecule has 6 nitrogen and oxygen atoms in total. The molecule has 1 aliphatic rings. The highest BCUT2D eigenvalue weighted by atomic mass is 35.5. The fourth-order valence-corrected chi connectivity index (χ4v) is 2.77. The lowest BCUT2D eigenvalue weighted by Gasteiger charge is -2.32. The number of benzene rings is 2. The summed E-state index contributed by atoms with van der Waals surface area (Å²) in [6.07, 6.45) is -0.550. The summed E-state index contributed by atoms with van der Waals surface area (Å²) >= 11 is 5.82. The average Bonchev–Trinajstić information content (AvgIpc) is 2.58. The molecule has 1 unspecified atom stereocenters. The number of hydrogen-bond acceptors (Lipinski definition) is 3. The number of halogens is 1. The summed E-state index contributed by atoms with van der Waals surface area (Å²) < 4.78 is 5.65.